The van der Waals surface area contributed by atoms with Crippen molar-refractivity contribution < 1.29 is 18.3 Å². The molecule has 2 heterocycles. The number of rotatable bonds is 2. The van der Waals surface area contributed by atoms with Crippen LogP contribution in [0.2, 0.25) is 0 Å². The summed E-state index contributed by atoms with van der Waals surface area (Å²) in [6, 6.07) is 1.78. The molecule has 1 aliphatic heterocycles. The van der Waals surface area contributed by atoms with E-state index in [0.717, 1.165) is 5.69 Å². The lowest BCUT2D eigenvalue weighted by atomic mass is 9.85. The minimum absolute atomic E-state index is 0.0282. The summed E-state index contributed by atoms with van der Waals surface area (Å²) in [6.45, 7) is 3.16. The molecule has 126 valence electrons. The van der Waals surface area contributed by atoms with E-state index >= 15 is 0 Å². The van der Waals surface area contributed by atoms with E-state index in [1.54, 1.807) is 24.1 Å². The minimum atomic E-state index is -2.61. The second-order valence-corrected chi connectivity index (χ2v) is 6.30. The Kier molecular flexibility index (Phi) is 4.57. The third-order valence-corrected chi connectivity index (χ3v) is 4.57. The number of aromatic nitrogens is 2. The number of amides is 1. The fourth-order valence-corrected chi connectivity index (χ4v) is 3.23. The monoisotopic (exact) mass is 325 g/mol. The van der Waals surface area contributed by atoms with E-state index in [-0.39, 0.29) is 43.6 Å². The number of ether oxygens (including phenoxy) is 1. The van der Waals surface area contributed by atoms with Crippen LogP contribution in [-0.4, -0.2) is 46.4 Å². The Bertz CT molecular complexity index is 572. The second kappa shape index (κ2) is 6.47. The number of alkyl halides is 2. The molecular weight excluding hydrogens is 304 g/mol. The summed E-state index contributed by atoms with van der Waals surface area (Å²) in [5.74, 6) is -2.27. The van der Waals surface area contributed by atoms with E-state index in [1.807, 2.05) is 0 Å². The first-order valence-electron chi connectivity index (χ1n) is 8.02. The Labute approximate surface area is 134 Å². The van der Waals surface area contributed by atoms with Gasteiger partial charge in [-0.1, -0.05) is 0 Å². The molecule has 0 unspecified atom stereocenters. The van der Waals surface area contributed by atoms with Gasteiger partial charge in [0.2, 0.25) is 11.8 Å². The van der Waals surface area contributed by atoms with E-state index in [0.29, 0.717) is 25.5 Å². The number of carbonyl (C=O) groups excluding carboxylic acids is 1. The molecule has 0 N–H and O–H groups in total. The molecular formula is C16H21F2N3O2. The zero-order valence-corrected chi connectivity index (χ0v) is 13.2. The number of hydrogen-bond donors (Lipinski definition) is 0. The normalized spacial score (nSPS) is 25.3. The number of carbonyl (C=O) groups is 1. The van der Waals surface area contributed by atoms with Crippen molar-refractivity contribution in [2.75, 3.05) is 19.7 Å². The van der Waals surface area contributed by atoms with Crippen molar-refractivity contribution in [3.8, 4) is 0 Å². The predicted octanol–water partition coefficient (Wildman–Crippen LogP) is 2.51. The smallest absolute Gasteiger partial charge is 0.248 e. The van der Waals surface area contributed by atoms with Gasteiger partial charge in [0.1, 0.15) is 11.9 Å². The summed E-state index contributed by atoms with van der Waals surface area (Å²) in [4.78, 5) is 22.7. The van der Waals surface area contributed by atoms with E-state index < -0.39 is 5.92 Å². The zero-order chi connectivity index (χ0) is 16.4. The zero-order valence-electron chi connectivity index (χ0n) is 13.2. The molecule has 0 aromatic carbocycles. The van der Waals surface area contributed by atoms with E-state index in [2.05, 4.69) is 9.97 Å². The minimum Gasteiger partial charge on any atom is -0.368 e. The van der Waals surface area contributed by atoms with Crippen molar-refractivity contribution in [3.63, 3.8) is 0 Å². The Hall–Kier alpha value is -1.63. The molecule has 1 saturated carbocycles. The van der Waals surface area contributed by atoms with E-state index in [4.69, 9.17) is 4.74 Å². The maximum Gasteiger partial charge on any atom is 0.248 e. The van der Waals surface area contributed by atoms with Crippen LogP contribution in [0.4, 0.5) is 8.78 Å². The molecule has 2 aliphatic rings. The largest absolute Gasteiger partial charge is 0.368 e. The molecule has 2 fully saturated rings. The van der Waals surface area contributed by atoms with Crippen molar-refractivity contribution in [1.29, 1.82) is 0 Å². The van der Waals surface area contributed by atoms with Crippen LogP contribution in [0.25, 0.3) is 0 Å². The fourth-order valence-electron chi connectivity index (χ4n) is 3.23. The average Bonchev–Trinajstić information content (AvgIpc) is 2.54. The molecule has 1 aromatic heterocycles. The molecule has 7 heteroatoms. The van der Waals surface area contributed by atoms with Gasteiger partial charge in [0.15, 0.2) is 0 Å². The molecule has 23 heavy (non-hydrogen) atoms. The summed E-state index contributed by atoms with van der Waals surface area (Å²) in [7, 11) is 0. The summed E-state index contributed by atoms with van der Waals surface area (Å²) in [5, 5.41) is 0. The summed E-state index contributed by atoms with van der Waals surface area (Å²) in [6.07, 6.45) is 1.54. The highest BCUT2D eigenvalue weighted by atomic mass is 19.3. The number of aryl methyl sites for hydroxylation is 1. The number of halogens is 2. The van der Waals surface area contributed by atoms with Gasteiger partial charge in [-0.25, -0.2) is 18.7 Å². The number of morpholine rings is 1. The summed E-state index contributed by atoms with van der Waals surface area (Å²) in [5.41, 5.74) is 0.755. The van der Waals surface area contributed by atoms with Crippen LogP contribution in [0.3, 0.4) is 0 Å². The van der Waals surface area contributed by atoms with Gasteiger partial charge in [-0.05, 0) is 25.8 Å². The SMILES string of the molecule is Cc1nccc([C@@H]2CN(C(=O)C3CCC(F)(F)CC3)CCO2)n1. The van der Waals surface area contributed by atoms with E-state index in [1.165, 1.54) is 0 Å². The standard InChI is InChI=1S/C16H21F2N3O2/c1-11-19-7-4-13(20-11)14-10-21(8-9-23-14)15(22)12-2-5-16(17,18)6-3-12/h4,7,12,14H,2-3,5-6,8-10H2,1H3/t14-/m0/s1. The first-order valence-corrected chi connectivity index (χ1v) is 8.02. The maximum absolute atomic E-state index is 13.2. The van der Waals surface area contributed by atoms with Gasteiger partial charge in [0.05, 0.1) is 18.8 Å². The highest BCUT2D eigenvalue weighted by molar-refractivity contribution is 5.79. The van der Waals surface area contributed by atoms with Crippen molar-refractivity contribution in [2.45, 2.75) is 44.6 Å². The van der Waals surface area contributed by atoms with Crippen LogP contribution >= 0.6 is 0 Å². The highest BCUT2D eigenvalue weighted by Crippen LogP contribution is 2.37. The van der Waals surface area contributed by atoms with Gasteiger partial charge < -0.3 is 9.64 Å². The lowest BCUT2D eigenvalue weighted by Gasteiger charge is -2.36. The Morgan fingerprint density at radius 3 is 2.83 bits per heavy atom. The molecule has 1 aliphatic carbocycles. The van der Waals surface area contributed by atoms with E-state index in [9.17, 15) is 13.6 Å². The van der Waals surface area contributed by atoms with Crippen LogP contribution in [0, 0.1) is 12.8 Å². The second-order valence-electron chi connectivity index (χ2n) is 6.30. The van der Waals surface area contributed by atoms with Crippen molar-refractivity contribution in [1.82, 2.24) is 14.9 Å². The lowest BCUT2D eigenvalue weighted by Crippen LogP contribution is -2.46. The fraction of sp³-hybridized carbons (Fsp3) is 0.688. The van der Waals surface area contributed by atoms with Gasteiger partial charge in [-0.3, -0.25) is 4.79 Å². The topological polar surface area (TPSA) is 55.3 Å². The molecule has 5 nitrogen and oxygen atoms in total. The average molecular weight is 325 g/mol. The van der Waals surface area contributed by atoms with Gasteiger partial charge in [-0.15, -0.1) is 0 Å². The first-order chi connectivity index (χ1) is 10.9. The third kappa shape index (κ3) is 3.83. The molecule has 0 spiro atoms. The molecule has 1 aromatic rings. The number of hydrogen-bond acceptors (Lipinski definition) is 4. The molecule has 3 rings (SSSR count). The Morgan fingerprint density at radius 2 is 2.13 bits per heavy atom. The maximum atomic E-state index is 13.2. The summed E-state index contributed by atoms with van der Waals surface area (Å²) < 4.78 is 32.2. The van der Waals surface area contributed by atoms with Crippen LogP contribution in [0.1, 0.15) is 43.3 Å². The molecule has 0 bridgehead atoms. The molecule has 1 amide bonds. The molecule has 1 atom stereocenters. The Morgan fingerprint density at radius 1 is 1.39 bits per heavy atom. The van der Waals surface area contributed by atoms with Crippen LogP contribution in [0.15, 0.2) is 12.3 Å². The molecule has 1 saturated heterocycles. The van der Waals surface area contributed by atoms with Crippen molar-refractivity contribution >= 4 is 5.91 Å². The van der Waals surface area contributed by atoms with Crippen molar-refractivity contribution in [3.05, 3.63) is 23.8 Å². The van der Waals surface area contributed by atoms with Crippen molar-refractivity contribution in [2.24, 2.45) is 5.92 Å². The predicted molar refractivity (Wildman–Crippen MR) is 78.9 cm³/mol. The summed E-state index contributed by atoms with van der Waals surface area (Å²) >= 11 is 0. The first kappa shape index (κ1) is 16.2. The highest BCUT2D eigenvalue weighted by Gasteiger charge is 2.39. The van der Waals surface area contributed by atoms with Crippen LogP contribution < -0.4 is 0 Å². The van der Waals surface area contributed by atoms with Gasteiger partial charge in [0.25, 0.3) is 0 Å². The van der Waals surface area contributed by atoms with Gasteiger partial charge in [0, 0.05) is 31.5 Å². The van der Waals surface area contributed by atoms with Gasteiger partial charge >= 0.3 is 0 Å². The van der Waals surface area contributed by atoms with Crippen LogP contribution in [0.5, 0.6) is 0 Å². The van der Waals surface area contributed by atoms with Gasteiger partial charge in [-0.2, -0.15) is 0 Å². The number of nitrogens with zero attached hydrogens (tertiary/aromatic N) is 3. The Balaban J connectivity index is 1.63. The molecule has 0 radical (unpaired) electrons. The lowest BCUT2D eigenvalue weighted by molar-refractivity contribution is -0.147. The van der Waals surface area contributed by atoms with Crippen LogP contribution in [-0.2, 0) is 9.53 Å². The quantitative estimate of drug-likeness (QED) is 0.838. The third-order valence-electron chi connectivity index (χ3n) is 4.57.